The van der Waals surface area contributed by atoms with E-state index in [1.807, 2.05) is 0 Å². The van der Waals surface area contributed by atoms with E-state index < -0.39 is 12.1 Å². The van der Waals surface area contributed by atoms with Crippen LogP contribution >= 0.6 is 23.2 Å². The van der Waals surface area contributed by atoms with E-state index in [2.05, 4.69) is 10.6 Å². The van der Waals surface area contributed by atoms with E-state index in [1.54, 1.807) is 48.5 Å². The third kappa shape index (κ3) is 8.80. The molecule has 0 aliphatic heterocycles. The molecule has 182 valence electrons. The average Bonchev–Trinajstić information content (AvgIpc) is 2.78. The maximum atomic E-state index is 12.4. The first-order valence-corrected chi connectivity index (χ1v) is 11.3. The summed E-state index contributed by atoms with van der Waals surface area (Å²) in [5.74, 6) is -0.707. The number of hydrogen-bond donors (Lipinski definition) is 6. The Labute approximate surface area is 208 Å². The Morgan fingerprint density at radius 2 is 1.00 bits per heavy atom. The van der Waals surface area contributed by atoms with Crippen LogP contribution in [0.3, 0.4) is 0 Å². The van der Waals surface area contributed by atoms with Crippen molar-refractivity contribution in [1.82, 2.24) is 9.80 Å². The van der Waals surface area contributed by atoms with Crippen molar-refractivity contribution in [2.45, 2.75) is 25.7 Å². The third-order valence-electron chi connectivity index (χ3n) is 4.78. The highest BCUT2D eigenvalue weighted by Gasteiger charge is 2.18. The molecule has 0 saturated carbocycles. The Morgan fingerprint density at radius 3 is 1.29 bits per heavy atom. The van der Waals surface area contributed by atoms with Crippen LogP contribution in [0.25, 0.3) is 0 Å². The summed E-state index contributed by atoms with van der Waals surface area (Å²) in [5.41, 5.74) is 12.2. The van der Waals surface area contributed by atoms with Crippen molar-refractivity contribution in [3.05, 3.63) is 58.6 Å². The lowest BCUT2D eigenvalue weighted by atomic mass is 10.2. The van der Waals surface area contributed by atoms with Gasteiger partial charge in [0.2, 0.25) is 0 Å². The Kier molecular flexibility index (Phi) is 10.4. The van der Waals surface area contributed by atoms with Gasteiger partial charge in [0.25, 0.3) is 0 Å². The highest BCUT2D eigenvalue weighted by Crippen LogP contribution is 2.15. The van der Waals surface area contributed by atoms with Crippen molar-refractivity contribution in [3.63, 3.8) is 0 Å². The number of rotatable bonds is 9. The predicted octanol–water partition coefficient (Wildman–Crippen LogP) is 4.71. The van der Waals surface area contributed by atoms with Gasteiger partial charge in [-0.05, 0) is 61.4 Å². The Hall–Kier alpha value is -3.50. The summed E-state index contributed by atoms with van der Waals surface area (Å²) in [6.07, 6.45) is 2.65. The molecule has 0 aromatic heterocycles. The number of benzene rings is 2. The molecule has 0 heterocycles. The van der Waals surface area contributed by atoms with Crippen molar-refractivity contribution in [3.8, 4) is 0 Å². The van der Waals surface area contributed by atoms with Gasteiger partial charge in [-0.1, -0.05) is 36.0 Å². The number of carbonyl (C=O) groups excluding carboxylic acids is 2. The number of urea groups is 2. The fourth-order valence-electron chi connectivity index (χ4n) is 3.00. The number of halogens is 2. The minimum absolute atomic E-state index is 0.266. The lowest BCUT2D eigenvalue weighted by Gasteiger charge is -2.22. The van der Waals surface area contributed by atoms with Gasteiger partial charge in [-0.3, -0.25) is 20.6 Å². The standard InChI is InChI=1S/C22H28Cl2N8O2/c23-15-5-9-17(10-6-15)29-21(33)31(19(25)26)13-3-1-2-4-14-32(20(27)28)22(34)30-18-11-7-16(24)8-12-18/h5-12H,1-4,13-14H2,(H3,25,26)(H3,27,28)(H,29,33)(H,30,34). The molecule has 0 bridgehead atoms. The van der Waals surface area contributed by atoms with Crippen LogP contribution in [0.1, 0.15) is 25.7 Å². The molecule has 2 rings (SSSR count). The number of hydrogen-bond acceptors (Lipinski definition) is 4. The van der Waals surface area contributed by atoms with E-state index in [9.17, 15) is 9.59 Å². The third-order valence-corrected chi connectivity index (χ3v) is 5.28. The summed E-state index contributed by atoms with van der Waals surface area (Å²) in [4.78, 5) is 27.2. The minimum Gasteiger partial charge on any atom is -0.370 e. The molecule has 2 aromatic carbocycles. The van der Waals surface area contributed by atoms with Gasteiger partial charge in [0.1, 0.15) is 0 Å². The summed E-state index contributed by atoms with van der Waals surface area (Å²) in [6.45, 7) is 0.532. The van der Waals surface area contributed by atoms with Gasteiger partial charge in [-0.25, -0.2) is 9.59 Å². The van der Waals surface area contributed by atoms with Crippen LogP contribution in [0.15, 0.2) is 48.5 Å². The minimum atomic E-state index is -0.503. The van der Waals surface area contributed by atoms with Crippen LogP contribution in [0.4, 0.5) is 21.0 Å². The van der Waals surface area contributed by atoms with Crippen molar-refractivity contribution < 1.29 is 9.59 Å². The molecule has 0 atom stereocenters. The molecule has 4 amide bonds. The molecule has 10 nitrogen and oxygen atoms in total. The SMILES string of the molecule is N=C(N)N(CCCCCCN(C(=N)N)C(=O)Nc1ccc(Cl)cc1)C(=O)Nc1ccc(Cl)cc1. The predicted molar refractivity (Wildman–Crippen MR) is 137 cm³/mol. The Bertz CT molecular complexity index is 917. The van der Waals surface area contributed by atoms with Gasteiger partial charge in [0, 0.05) is 34.5 Å². The van der Waals surface area contributed by atoms with Gasteiger partial charge in [0.05, 0.1) is 0 Å². The number of anilines is 2. The van der Waals surface area contributed by atoms with E-state index in [1.165, 1.54) is 0 Å². The summed E-state index contributed by atoms with van der Waals surface area (Å²) in [5, 5.41) is 21.8. The van der Waals surface area contributed by atoms with Crippen LogP contribution < -0.4 is 22.1 Å². The van der Waals surface area contributed by atoms with Crippen LogP contribution in [-0.4, -0.2) is 46.9 Å². The fourth-order valence-corrected chi connectivity index (χ4v) is 3.26. The van der Waals surface area contributed by atoms with Crippen molar-refractivity contribution in [2.24, 2.45) is 11.5 Å². The monoisotopic (exact) mass is 506 g/mol. The molecule has 0 aliphatic rings. The first-order valence-electron chi connectivity index (χ1n) is 10.5. The summed E-state index contributed by atoms with van der Waals surface area (Å²) < 4.78 is 0. The molecule has 12 heteroatoms. The van der Waals surface area contributed by atoms with Crippen molar-refractivity contribution in [1.29, 1.82) is 10.8 Å². The van der Waals surface area contributed by atoms with E-state index in [-0.39, 0.29) is 25.0 Å². The van der Waals surface area contributed by atoms with E-state index >= 15 is 0 Å². The second kappa shape index (κ2) is 13.3. The fraction of sp³-hybridized carbons (Fsp3) is 0.273. The zero-order valence-electron chi connectivity index (χ0n) is 18.5. The van der Waals surface area contributed by atoms with Gasteiger partial charge >= 0.3 is 12.1 Å². The van der Waals surface area contributed by atoms with Gasteiger partial charge in [-0.2, -0.15) is 0 Å². The Morgan fingerprint density at radius 1 is 0.676 bits per heavy atom. The molecule has 34 heavy (non-hydrogen) atoms. The van der Waals surface area contributed by atoms with E-state index in [0.717, 1.165) is 22.6 Å². The highest BCUT2D eigenvalue weighted by atomic mass is 35.5. The second-order valence-electron chi connectivity index (χ2n) is 7.36. The zero-order chi connectivity index (χ0) is 25.1. The number of guanidine groups is 2. The number of unbranched alkanes of at least 4 members (excludes halogenated alkanes) is 3. The number of nitrogens with zero attached hydrogens (tertiary/aromatic N) is 2. The summed E-state index contributed by atoms with van der Waals surface area (Å²) in [7, 11) is 0. The smallest absolute Gasteiger partial charge is 0.328 e. The zero-order valence-corrected chi connectivity index (χ0v) is 20.0. The van der Waals surface area contributed by atoms with Crippen LogP contribution in [0.2, 0.25) is 10.0 Å². The quantitative estimate of drug-likeness (QED) is 0.165. The van der Waals surface area contributed by atoms with Gasteiger partial charge in [0.15, 0.2) is 11.9 Å². The summed E-state index contributed by atoms with van der Waals surface area (Å²) in [6, 6.07) is 12.2. The lowest BCUT2D eigenvalue weighted by Crippen LogP contribution is -2.44. The summed E-state index contributed by atoms with van der Waals surface area (Å²) >= 11 is 11.7. The number of nitrogens with one attached hydrogen (secondary N) is 4. The number of carbonyl (C=O) groups is 2. The molecule has 0 spiro atoms. The second-order valence-corrected chi connectivity index (χ2v) is 8.23. The lowest BCUT2D eigenvalue weighted by molar-refractivity contribution is 0.230. The van der Waals surface area contributed by atoms with Crippen molar-refractivity contribution >= 4 is 58.6 Å². The molecule has 0 unspecified atom stereocenters. The number of nitrogens with two attached hydrogens (primary N) is 2. The largest absolute Gasteiger partial charge is 0.370 e. The van der Waals surface area contributed by atoms with Crippen molar-refractivity contribution in [2.75, 3.05) is 23.7 Å². The number of amides is 4. The van der Waals surface area contributed by atoms with Crippen LogP contribution in [0.5, 0.6) is 0 Å². The molecular formula is C22H28Cl2N8O2. The van der Waals surface area contributed by atoms with Crippen LogP contribution in [0, 0.1) is 10.8 Å². The molecule has 0 aliphatic carbocycles. The average molecular weight is 507 g/mol. The molecule has 8 N–H and O–H groups in total. The molecule has 0 radical (unpaired) electrons. The van der Waals surface area contributed by atoms with Crippen LogP contribution in [-0.2, 0) is 0 Å². The van der Waals surface area contributed by atoms with E-state index in [0.29, 0.717) is 34.3 Å². The highest BCUT2D eigenvalue weighted by molar-refractivity contribution is 6.31. The van der Waals surface area contributed by atoms with E-state index in [4.69, 9.17) is 45.5 Å². The van der Waals surface area contributed by atoms with Gasteiger partial charge in [-0.15, -0.1) is 0 Å². The molecular weight excluding hydrogens is 479 g/mol. The molecule has 0 fully saturated rings. The normalized spacial score (nSPS) is 10.3. The molecule has 0 saturated heterocycles. The first-order chi connectivity index (χ1) is 16.2. The molecule has 2 aromatic rings. The topological polar surface area (TPSA) is 164 Å². The Balaban J connectivity index is 1.75. The first kappa shape index (κ1) is 26.7. The van der Waals surface area contributed by atoms with Gasteiger partial charge < -0.3 is 22.1 Å². The maximum absolute atomic E-state index is 12.4. The maximum Gasteiger partial charge on any atom is 0.328 e.